The second-order valence-corrected chi connectivity index (χ2v) is 6.72. The Balaban J connectivity index is 2.17. The number of hydrogen-bond acceptors (Lipinski definition) is 5. The lowest BCUT2D eigenvalue weighted by atomic mass is 9.94. The van der Waals surface area contributed by atoms with Gasteiger partial charge >= 0.3 is 0 Å². The second kappa shape index (κ2) is 8.45. The molecule has 3 rings (SSSR count). The lowest BCUT2D eigenvalue weighted by Crippen LogP contribution is -2.32. The summed E-state index contributed by atoms with van der Waals surface area (Å²) in [6.07, 6.45) is 0. The van der Waals surface area contributed by atoms with Crippen LogP contribution in [0.25, 0.3) is 5.76 Å². The van der Waals surface area contributed by atoms with Crippen molar-refractivity contribution < 1.29 is 28.6 Å². The van der Waals surface area contributed by atoms with Gasteiger partial charge in [0.2, 0.25) is 0 Å². The Morgan fingerprint density at radius 2 is 1.83 bits per heavy atom. The van der Waals surface area contributed by atoms with E-state index in [9.17, 15) is 19.1 Å². The first kappa shape index (κ1) is 20.5. The van der Waals surface area contributed by atoms with Gasteiger partial charge in [0.15, 0.2) is 0 Å². The molecule has 2 aromatic carbocycles. The fourth-order valence-corrected chi connectivity index (χ4v) is 3.47. The minimum Gasteiger partial charge on any atom is -0.507 e. The van der Waals surface area contributed by atoms with Crippen molar-refractivity contribution in [1.29, 1.82) is 0 Å². The molecule has 0 unspecified atom stereocenters. The van der Waals surface area contributed by atoms with Gasteiger partial charge in [-0.1, -0.05) is 12.1 Å². The quantitative estimate of drug-likeness (QED) is 0.459. The molecule has 1 atom stereocenters. The molecular weight excluding hydrogens is 377 g/mol. The number of aryl methyl sites for hydroxylation is 1. The van der Waals surface area contributed by atoms with Gasteiger partial charge in [-0.25, -0.2) is 4.39 Å². The number of rotatable bonds is 6. The van der Waals surface area contributed by atoms with Crippen LogP contribution >= 0.6 is 0 Å². The Labute approximate surface area is 168 Å². The highest BCUT2D eigenvalue weighted by Gasteiger charge is 2.46. The molecule has 1 aliphatic rings. The molecule has 1 aliphatic heterocycles. The summed E-state index contributed by atoms with van der Waals surface area (Å²) in [5, 5.41) is 11.0. The number of aliphatic hydroxyl groups excluding tert-OH is 1. The van der Waals surface area contributed by atoms with Gasteiger partial charge in [-0.05, 0) is 48.4 Å². The number of methoxy groups -OCH3 is 2. The van der Waals surface area contributed by atoms with Crippen molar-refractivity contribution in [3.8, 4) is 5.75 Å². The van der Waals surface area contributed by atoms with Crippen molar-refractivity contribution in [2.45, 2.75) is 13.0 Å². The topological polar surface area (TPSA) is 76.1 Å². The summed E-state index contributed by atoms with van der Waals surface area (Å²) < 4.78 is 23.7. The molecule has 1 N–H and O–H groups in total. The van der Waals surface area contributed by atoms with E-state index in [1.807, 2.05) is 0 Å². The molecule has 1 amide bonds. The van der Waals surface area contributed by atoms with E-state index in [0.717, 1.165) is 0 Å². The van der Waals surface area contributed by atoms with Crippen LogP contribution in [0, 0.1) is 12.7 Å². The number of halogens is 1. The Hall–Kier alpha value is -3.19. The van der Waals surface area contributed by atoms with Crippen LogP contribution in [-0.4, -0.2) is 49.1 Å². The zero-order valence-electron chi connectivity index (χ0n) is 16.4. The summed E-state index contributed by atoms with van der Waals surface area (Å²) in [6, 6.07) is 9.69. The molecule has 0 aliphatic carbocycles. The minimum absolute atomic E-state index is 0.0361. The number of carbonyl (C=O) groups excluding carboxylic acids is 2. The minimum atomic E-state index is -0.841. The van der Waals surface area contributed by atoms with E-state index in [1.165, 1.54) is 43.4 Å². The number of nitrogens with zero attached hydrogens (tertiary/aromatic N) is 1. The number of benzene rings is 2. The summed E-state index contributed by atoms with van der Waals surface area (Å²) in [7, 11) is 3.02. The van der Waals surface area contributed by atoms with E-state index in [2.05, 4.69) is 0 Å². The van der Waals surface area contributed by atoms with Crippen LogP contribution in [-0.2, 0) is 14.3 Å². The summed E-state index contributed by atoms with van der Waals surface area (Å²) in [5.74, 6) is -1.63. The average Bonchev–Trinajstić information content (AvgIpc) is 2.96. The average molecular weight is 399 g/mol. The summed E-state index contributed by atoms with van der Waals surface area (Å²) in [4.78, 5) is 26.8. The maximum absolute atomic E-state index is 13.4. The molecular formula is C22H22FNO5. The van der Waals surface area contributed by atoms with Gasteiger partial charge in [-0.3, -0.25) is 9.59 Å². The molecule has 1 saturated heterocycles. The molecule has 0 saturated carbocycles. The SMILES string of the molecule is COCCN1C(=O)C(=O)C(=C(O)c2ccc(OC)cc2C)[C@@H]1c1ccc(F)cc1. The Bertz CT molecular complexity index is 968. The fourth-order valence-electron chi connectivity index (χ4n) is 3.47. The van der Waals surface area contributed by atoms with E-state index < -0.39 is 23.5 Å². The number of hydrogen-bond donors (Lipinski definition) is 1. The molecule has 0 spiro atoms. The van der Waals surface area contributed by atoms with E-state index in [4.69, 9.17) is 9.47 Å². The van der Waals surface area contributed by atoms with Gasteiger partial charge in [0.1, 0.15) is 17.3 Å². The largest absolute Gasteiger partial charge is 0.507 e. The summed E-state index contributed by atoms with van der Waals surface area (Å²) >= 11 is 0. The zero-order chi connectivity index (χ0) is 21.1. The standard InChI is InChI=1S/C22H22FNO5/c1-13-12-16(29-3)8-9-17(13)20(25)18-19(14-4-6-15(23)7-5-14)24(10-11-28-2)22(27)21(18)26/h4-9,12,19,25H,10-11H2,1-3H3/t19-/m0/s1. The molecule has 1 fully saturated rings. The number of likely N-dealkylation sites (tertiary alicyclic amines) is 1. The van der Waals surface area contributed by atoms with Crippen molar-refractivity contribution in [3.63, 3.8) is 0 Å². The van der Waals surface area contributed by atoms with Crippen molar-refractivity contribution in [1.82, 2.24) is 4.90 Å². The number of aliphatic hydroxyl groups is 1. The maximum atomic E-state index is 13.4. The normalized spacial score (nSPS) is 18.3. The summed E-state index contributed by atoms with van der Waals surface area (Å²) in [5.41, 5.74) is 1.59. The smallest absolute Gasteiger partial charge is 0.295 e. The molecule has 6 nitrogen and oxygen atoms in total. The third-order valence-electron chi connectivity index (χ3n) is 4.95. The molecule has 0 aromatic heterocycles. The second-order valence-electron chi connectivity index (χ2n) is 6.72. The van der Waals surface area contributed by atoms with Gasteiger partial charge in [-0.2, -0.15) is 0 Å². The van der Waals surface area contributed by atoms with Gasteiger partial charge in [0.05, 0.1) is 25.3 Å². The molecule has 1 heterocycles. The predicted octanol–water partition coefficient (Wildman–Crippen LogP) is 3.21. The number of ether oxygens (including phenoxy) is 2. The first-order valence-corrected chi connectivity index (χ1v) is 9.06. The molecule has 29 heavy (non-hydrogen) atoms. The van der Waals surface area contributed by atoms with Crippen molar-refractivity contribution in [2.75, 3.05) is 27.4 Å². The molecule has 0 radical (unpaired) electrons. The van der Waals surface area contributed by atoms with E-state index in [-0.39, 0.29) is 24.5 Å². The highest BCUT2D eigenvalue weighted by atomic mass is 19.1. The van der Waals surface area contributed by atoms with Crippen LogP contribution in [0.4, 0.5) is 4.39 Å². The Morgan fingerprint density at radius 1 is 1.14 bits per heavy atom. The number of carbonyl (C=O) groups is 2. The van der Waals surface area contributed by atoms with Crippen LogP contribution in [0.3, 0.4) is 0 Å². The number of ketones is 1. The van der Waals surface area contributed by atoms with E-state index in [1.54, 1.807) is 25.1 Å². The van der Waals surface area contributed by atoms with Crippen molar-refractivity contribution >= 4 is 17.4 Å². The van der Waals surface area contributed by atoms with Gasteiger partial charge < -0.3 is 19.5 Å². The lowest BCUT2D eigenvalue weighted by Gasteiger charge is -2.25. The predicted molar refractivity (Wildman–Crippen MR) is 105 cm³/mol. The van der Waals surface area contributed by atoms with Crippen LogP contribution < -0.4 is 4.74 Å². The van der Waals surface area contributed by atoms with E-state index >= 15 is 0 Å². The number of amides is 1. The van der Waals surface area contributed by atoms with Crippen molar-refractivity contribution in [2.24, 2.45) is 0 Å². The molecule has 0 bridgehead atoms. The van der Waals surface area contributed by atoms with Crippen LogP contribution in [0.5, 0.6) is 5.75 Å². The monoisotopic (exact) mass is 399 g/mol. The van der Waals surface area contributed by atoms with Crippen LogP contribution in [0.2, 0.25) is 0 Å². The third-order valence-corrected chi connectivity index (χ3v) is 4.95. The molecule has 7 heteroatoms. The maximum Gasteiger partial charge on any atom is 0.295 e. The fraction of sp³-hybridized carbons (Fsp3) is 0.273. The molecule has 2 aromatic rings. The van der Waals surface area contributed by atoms with Gasteiger partial charge in [0, 0.05) is 19.2 Å². The van der Waals surface area contributed by atoms with Gasteiger partial charge in [0.25, 0.3) is 11.7 Å². The van der Waals surface area contributed by atoms with E-state index in [0.29, 0.717) is 22.4 Å². The molecule has 152 valence electrons. The highest BCUT2D eigenvalue weighted by Crippen LogP contribution is 2.40. The lowest BCUT2D eigenvalue weighted by molar-refractivity contribution is -0.140. The Morgan fingerprint density at radius 3 is 2.41 bits per heavy atom. The number of Topliss-reactive ketones (excluding diaryl/α,β-unsaturated/α-hetero) is 1. The van der Waals surface area contributed by atoms with Crippen molar-refractivity contribution in [3.05, 3.63) is 70.5 Å². The first-order chi connectivity index (χ1) is 13.9. The Kier molecular flexibility index (Phi) is 5.98. The highest BCUT2D eigenvalue weighted by molar-refractivity contribution is 6.46. The first-order valence-electron chi connectivity index (χ1n) is 9.06. The third kappa shape index (κ3) is 3.86. The van der Waals surface area contributed by atoms with Crippen LogP contribution in [0.15, 0.2) is 48.0 Å². The zero-order valence-corrected chi connectivity index (χ0v) is 16.4. The summed E-state index contributed by atoms with van der Waals surface area (Å²) in [6.45, 7) is 2.14. The van der Waals surface area contributed by atoms with Crippen LogP contribution in [0.1, 0.15) is 22.7 Å². The van der Waals surface area contributed by atoms with Gasteiger partial charge in [-0.15, -0.1) is 0 Å².